The van der Waals surface area contributed by atoms with Crippen LogP contribution in [0.5, 0.6) is 0 Å². The third kappa shape index (κ3) is 1.65. The van der Waals surface area contributed by atoms with Crippen molar-refractivity contribution in [1.29, 1.82) is 0 Å². The predicted molar refractivity (Wildman–Crippen MR) is 59.8 cm³/mol. The second-order valence-electron chi connectivity index (χ2n) is 5.30. The molecule has 1 heterocycles. The Morgan fingerprint density at radius 1 is 1.12 bits per heavy atom. The van der Waals surface area contributed by atoms with Crippen LogP contribution in [-0.4, -0.2) is 10.1 Å². The molecule has 16 heavy (non-hydrogen) atoms. The van der Waals surface area contributed by atoms with Gasteiger partial charge in [0.05, 0.1) is 5.54 Å². The molecule has 3 rings (SSSR count). The van der Waals surface area contributed by atoms with Crippen molar-refractivity contribution in [3.63, 3.8) is 0 Å². The Labute approximate surface area is 95.6 Å². The van der Waals surface area contributed by atoms with Gasteiger partial charge in [-0.05, 0) is 32.1 Å². The maximum Gasteiger partial charge on any atom is 0.229 e. The Kier molecular flexibility index (Phi) is 2.46. The van der Waals surface area contributed by atoms with E-state index in [1.165, 1.54) is 38.5 Å². The van der Waals surface area contributed by atoms with Crippen LogP contribution < -0.4 is 5.73 Å². The van der Waals surface area contributed by atoms with Gasteiger partial charge in [0, 0.05) is 5.92 Å². The molecule has 2 aliphatic carbocycles. The Morgan fingerprint density at radius 2 is 1.88 bits per heavy atom. The largest absolute Gasteiger partial charge is 0.339 e. The molecule has 0 radical (unpaired) electrons. The zero-order chi connectivity index (χ0) is 11.0. The van der Waals surface area contributed by atoms with E-state index in [0.717, 1.165) is 24.6 Å². The third-order valence-electron chi connectivity index (χ3n) is 4.09. The molecule has 2 fully saturated rings. The molecule has 2 saturated carbocycles. The summed E-state index contributed by atoms with van der Waals surface area (Å²) in [6.45, 7) is 0. The highest BCUT2D eigenvalue weighted by Crippen LogP contribution is 2.38. The molecule has 2 N–H and O–H groups in total. The van der Waals surface area contributed by atoms with Crippen molar-refractivity contribution in [2.45, 2.75) is 62.8 Å². The van der Waals surface area contributed by atoms with Crippen LogP contribution in [0.25, 0.3) is 0 Å². The molecular weight excluding hydrogens is 202 g/mol. The first-order valence-electron chi connectivity index (χ1n) is 6.41. The van der Waals surface area contributed by atoms with Crippen molar-refractivity contribution in [1.82, 2.24) is 10.1 Å². The number of aromatic nitrogens is 2. The summed E-state index contributed by atoms with van der Waals surface area (Å²) >= 11 is 0. The molecule has 0 aliphatic heterocycles. The Balaban J connectivity index is 1.76. The van der Waals surface area contributed by atoms with Crippen molar-refractivity contribution >= 4 is 0 Å². The van der Waals surface area contributed by atoms with E-state index in [-0.39, 0.29) is 5.54 Å². The predicted octanol–water partition coefficient (Wildman–Crippen LogP) is 2.46. The highest BCUT2D eigenvalue weighted by molar-refractivity contribution is 5.10. The van der Waals surface area contributed by atoms with E-state index in [9.17, 15) is 0 Å². The first-order valence-corrected chi connectivity index (χ1v) is 6.41. The van der Waals surface area contributed by atoms with Crippen molar-refractivity contribution in [3.05, 3.63) is 11.7 Å². The zero-order valence-corrected chi connectivity index (χ0v) is 9.61. The zero-order valence-electron chi connectivity index (χ0n) is 9.61. The first-order chi connectivity index (χ1) is 7.78. The number of nitrogens with zero attached hydrogens (tertiary/aromatic N) is 2. The Hall–Kier alpha value is -0.900. The van der Waals surface area contributed by atoms with E-state index in [0.29, 0.717) is 5.92 Å². The lowest BCUT2D eigenvalue weighted by Gasteiger charge is -2.34. The Morgan fingerprint density at radius 3 is 2.50 bits per heavy atom. The first kappa shape index (κ1) is 10.3. The van der Waals surface area contributed by atoms with Gasteiger partial charge in [-0.25, -0.2) is 0 Å². The van der Waals surface area contributed by atoms with Gasteiger partial charge in [0.2, 0.25) is 5.89 Å². The van der Waals surface area contributed by atoms with E-state index in [1.54, 1.807) is 0 Å². The molecule has 0 saturated heterocycles. The molecular formula is C12H19N3O. The summed E-state index contributed by atoms with van der Waals surface area (Å²) in [6, 6.07) is 0. The smallest absolute Gasteiger partial charge is 0.229 e. The molecule has 0 bridgehead atoms. The van der Waals surface area contributed by atoms with Gasteiger partial charge < -0.3 is 10.3 Å². The lowest BCUT2D eigenvalue weighted by Crippen LogP contribution is -2.44. The van der Waals surface area contributed by atoms with Crippen LogP contribution in [0.2, 0.25) is 0 Å². The quantitative estimate of drug-likeness (QED) is 0.833. The topological polar surface area (TPSA) is 64.9 Å². The number of nitrogens with two attached hydrogens (primary N) is 1. The van der Waals surface area contributed by atoms with E-state index < -0.39 is 0 Å². The van der Waals surface area contributed by atoms with Crippen LogP contribution in [-0.2, 0) is 5.54 Å². The maximum absolute atomic E-state index is 6.18. The average molecular weight is 221 g/mol. The van der Waals surface area contributed by atoms with Gasteiger partial charge in [-0.15, -0.1) is 0 Å². The fraction of sp³-hybridized carbons (Fsp3) is 0.833. The van der Waals surface area contributed by atoms with Gasteiger partial charge in [0.25, 0.3) is 0 Å². The van der Waals surface area contributed by atoms with Gasteiger partial charge in [0.15, 0.2) is 5.82 Å². The van der Waals surface area contributed by atoms with Crippen molar-refractivity contribution in [3.8, 4) is 0 Å². The normalized spacial score (nSPS) is 25.3. The van der Waals surface area contributed by atoms with E-state index in [2.05, 4.69) is 10.1 Å². The average Bonchev–Trinajstić information content (AvgIpc) is 2.77. The lowest BCUT2D eigenvalue weighted by atomic mass is 9.77. The van der Waals surface area contributed by atoms with Gasteiger partial charge in [0.1, 0.15) is 0 Å². The maximum atomic E-state index is 6.18. The molecule has 0 atom stereocenters. The van der Waals surface area contributed by atoms with Crippen molar-refractivity contribution in [2.75, 3.05) is 0 Å². The molecule has 1 aromatic rings. The summed E-state index contributed by atoms with van der Waals surface area (Å²) in [5, 5.41) is 4.07. The minimum Gasteiger partial charge on any atom is -0.339 e. The summed E-state index contributed by atoms with van der Waals surface area (Å²) in [5.74, 6) is 2.05. The molecule has 0 spiro atoms. The van der Waals surface area contributed by atoms with Crippen LogP contribution in [0.3, 0.4) is 0 Å². The van der Waals surface area contributed by atoms with Crippen LogP contribution in [0.1, 0.15) is 69.0 Å². The van der Waals surface area contributed by atoms with Gasteiger partial charge in [-0.3, -0.25) is 0 Å². The SMILES string of the molecule is NC1(c2noc(C3CCCCC3)n2)CCC1. The lowest BCUT2D eigenvalue weighted by molar-refractivity contribution is 0.228. The summed E-state index contributed by atoms with van der Waals surface area (Å²) in [5.41, 5.74) is 5.90. The van der Waals surface area contributed by atoms with Crippen LogP contribution in [0, 0.1) is 0 Å². The molecule has 0 unspecified atom stereocenters. The summed E-state index contributed by atoms with van der Waals surface area (Å²) in [7, 11) is 0. The molecule has 1 aromatic heterocycles. The summed E-state index contributed by atoms with van der Waals surface area (Å²) < 4.78 is 5.39. The van der Waals surface area contributed by atoms with Crippen LogP contribution in [0.4, 0.5) is 0 Å². The van der Waals surface area contributed by atoms with Crippen LogP contribution >= 0.6 is 0 Å². The summed E-state index contributed by atoms with van der Waals surface area (Å²) in [4.78, 5) is 4.52. The monoisotopic (exact) mass is 221 g/mol. The summed E-state index contributed by atoms with van der Waals surface area (Å²) in [6.07, 6.45) is 9.49. The number of hydrogen-bond acceptors (Lipinski definition) is 4. The van der Waals surface area contributed by atoms with Gasteiger partial charge in [-0.2, -0.15) is 4.98 Å². The highest BCUT2D eigenvalue weighted by Gasteiger charge is 2.39. The molecule has 0 aromatic carbocycles. The number of hydrogen-bond donors (Lipinski definition) is 1. The Bertz CT molecular complexity index is 364. The van der Waals surface area contributed by atoms with E-state index in [4.69, 9.17) is 10.3 Å². The van der Waals surface area contributed by atoms with Crippen molar-refractivity contribution in [2.24, 2.45) is 5.73 Å². The van der Waals surface area contributed by atoms with Crippen LogP contribution in [0.15, 0.2) is 4.52 Å². The molecule has 4 heteroatoms. The standard InChI is InChI=1S/C12H19N3O/c13-12(7-4-8-12)11-14-10(16-15-11)9-5-2-1-3-6-9/h9H,1-8,13H2. The molecule has 4 nitrogen and oxygen atoms in total. The minimum absolute atomic E-state index is 0.281. The fourth-order valence-electron chi connectivity index (χ4n) is 2.73. The minimum atomic E-state index is -0.281. The van der Waals surface area contributed by atoms with Crippen molar-refractivity contribution < 1.29 is 4.52 Å². The second-order valence-corrected chi connectivity index (χ2v) is 5.30. The fourth-order valence-corrected chi connectivity index (χ4v) is 2.73. The van der Waals surface area contributed by atoms with Gasteiger partial charge >= 0.3 is 0 Å². The second kappa shape index (κ2) is 3.84. The van der Waals surface area contributed by atoms with Gasteiger partial charge in [-0.1, -0.05) is 24.4 Å². The molecule has 2 aliphatic rings. The highest BCUT2D eigenvalue weighted by atomic mass is 16.5. The number of rotatable bonds is 2. The third-order valence-corrected chi connectivity index (χ3v) is 4.09. The molecule has 88 valence electrons. The van der Waals surface area contributed by atoms with E-state index >= 15 is 0 Å². The van der Waals surface area contributed by atoms with E-state index in [1.807, 2.05) is 0 Å². The molecule has 0 amide bonds.